The Morgan fingerprint density at radius 1 is 1.25 bits per heavy atom. The predicted molar refractivity (Wildman–Crippen MR) is 85.2 cm³/mol. The molecule has 1 atom stereocenters. The fraction of sp³-hybridized carbons (Fsp3) is 0.667. The van der Waals surface area contributed by atoms with Gasteiger partial charge in [-0.25, -0.2) is 0 Å². The van der Waals surface area contributed by atoms with Crippen LogP contribution in [0.2, 0.25) is 0 Å². The van der Waals surface area contributed by atoms with Gasteiger partial charge in [-0.05, 0) is 69.2 Å². The van der Waals surface area contributed by atoms with Crippen molar-refractivity contribution >= 4 is 0 Å². The molecule has 0 aromatic heterocycles. The molecule has 2 nitrogen and oxygen atoms in total. The molecule has 0 spiro atoms. The van der Waals surface area contributed by atoms with Gasteiger partial charge in [-0.1, -0.05) is 26.0 Å². The first-order valence-corrected chi connectivity index (χ1v) is 8.19. The molecule has 0 amide bonds. The van der Waals surface area contributed by atoms with Crippen LogP contribution in [-0.2, 0) is 0 Å². The summed E-state index contributed by atoms with van der Waals surface area (Å²) in [4.78, 5) is 0. The minimum Gasteiger partial charge on any atom is -0.490 e. The van der Waals surface area contributed by atoms with Crippen molar-refractivity contribution in [3.63, 3.8) is 0 Å². The van der Waals surface area contributed by atoms with Crippen molar-refractivity contribution in [1.29, 1.82) is 0 Å². The molecule has 1 N–H and O–H groups in total. The molecular weight excluding hydrogens is 246 g/mol. The quantitative estimate of drug-likeness (QED) is 0.812. The Balaban J connectivity index is 1.92. The van der Waals surface area contributed by atoms with Crippen LogP contribution in [0.4, 0.5) is 0 Å². The molecule has 0 aliphatic heterocycles. The number of hydrogen-bond donors (Lipinski definition) is 1. The lowest BCUT2D eigenvalue weighted by Gasteiger charge is -2.27. The zero-order chi connectivity index (χ0) is 14.4. The lowest BCUT2D eigenvalue weighted by atomic mass is 9.89. The number of rotatable bonds is 6. The summed E-state index contributed by atoms with van der Waals surface area (Å²) in [5.74, 6) is 1.91. The molecule has 1 aliphatic rings. The molecule has 1 saturated carbocycles. The predicted octanol–water partition coefficient (Wildman–Crippen LogP) is 4.70. The molecule has 1 aliphatic carbocycles. The van der Waals surface area contributed by atoms with Crippen LogP contribution in [0.15, 0.2) is 24.3 Å². The minimum absolute atomic E-state index is 0.393. The van der Waals surface area contributed by atoms with Crippen LogP contribution in [0.25, 0.3) is 0 Å². The maximum absolute atomic E-state index is 6.17. The van der Waals surface area contributed by atoms with Gasteiger partial charge in [-0.2, -0.15) is 0 Å². The lowest BCUT2D eigenvalue weighted by molar-refractivity contribution is 0.135. The van der Waals surface area contributed by atoms with E-state index in [1.165, 1.54) is 37.7 Å². The molecular formula is C18H29NO. The summed E-state index contributed by atoms with van der Waals surface area (Å²) < 4.78 is 6.17. The van der Waals surface area contributed by atoms with E-state index in [4.69, 9.17) is 4.74 Å². The second-order valence-corrected chi connectivity index (χ2v) is 6.25. The highest BCUT2D eigenvalue weighted by Gasteiger charge is 2.19. The molecule has 0 heterocycles. The Hall–Kier alpha value is -1.02. The van der Waals surface area contributed by atoms with Gasteiger partial charge in [0.05, 0.1) is 6.10 Å². The average molecular weight is 275 g/mol. The molecule has 1 unspecified atom stereocenters. The molecule has 1 aromatic rings. The number of benzene rings is 1. The van der Waals surface area contributed by atoms with Crippen molar-refractivity contribution in [3.05, 3.63) is 29.8 Å². The molecule has 0 bridgehead atoms. The molecule has 112 valence electrons. The SMILES string of the molecule is CCCNC(C)c1cccc(OC2CCC(C)CC2)c1. The summed E-state index contributed by atoms with van der Waals surface area (Å²) in [6.45, 7) is 7.82. The molecule has 0 radical (unpaired) electrons. The van der Waals surface area contributed by atoms with E-state index in [0.29, 0.717) is 12.1 Å². The van der Waals surface area contributed by atoms with Gasteiger partial charge in [0.25, 0.3) is 0 Å². The molecule has 2 heteroatoms. The Morgan fingerprint density at radius 2 is 2.00 bits per heavy atom. The zero-order valence-corrected chi connectivity index (χ0v) is 13.2. The van der Waals surface area contributed by atoms with Crippen molar-refractivity contribution in [2.75, 3.05) is 6.54 Å². The molecule has 2 rings (SSSR count). The van der Waals surface area contributed by atoms with E-state index in [-0.39, 0.29) is 0 Å². The van der Waals surface area contributed by atoms with Crippen molar-refractivity contribution in [3.8, 4) is 5.75 Å². The van der Waals surface area contributed by atoms with Crippen molar-refractivity contribution < 1.29 is 4.74 Å². The maximum Gasteiger partial charge on any atom is 0.120 e. The third kappa shape index (κ3) is 4.52. The van der Waals surface area contributed by atoms with Gasteiger partial charge in [0.2, 0.25) is 0 Å². The normalized spacial score (nSPS) is 24.4. The number of hydrogen-bond acceptors (Lipinski definition) is 2. The molecule has 1 aromatic carbocycles. The van der Waals surface area contributed by atoms with Gasteiger partial charge in [0, 0.05) is 6.04 Å². The van der Waals surface area contributed by atoms with Crippen LogP contribution < -0.4 is 10.1 Å². The molecule has 20 heavy (non-hydrogen) atoms. The summed E-state index contributed by atoms with van der Waals surface area (Å²) in [5.41, 5.74) is 1.32. The van der Waals surface area contributed by atoms with Gasteiger partial charge in [-0.3, -0.25) is 0 Å². The smallest absolute Gasteiger partial charge is 0.120 e. The third-order valence-corrected chi connectivity index (χ3v) is 4.32. The minimum atomic E-state index is 0.393. The summed E-state index contributed by atoms with van der Waals surface area (Å²) in [6.07, 6.45) is 6.60. The fourth-order valence-corrected chi connectivity index (χ4v) is 2.88. The number of ether oxygens (including phenoxy) is 1. The van der Waals surface area contributed by atoms with E-state index in [1.54, 1.807) is 0 Å². The van der Waals surface area contributed by atoms with E-state index in [9.17, 15) is 0 Å². The van der Waals surface area contributed by atoms with Gasteiger partial charge >= 0.3 is 0 Å². The van der Waals surface area contributed by atoms with Crippen LogP contribution in [0, 0.1) is 5.92 Å². The molecule has 0 saturated heterocycles. The van der Waals surface area contributed by atoms with Gasteiger partial charge < -0.3 is 10.1 Å². The highest BCUT2D eigenvalue weighted by Crippen LogP contribution is 2.28. The van der Waals surface area contributed by atoms with Crippen molar-refractivity contribution in [2.45, 2.75) is 65.0 Å². The van der Waals surface area contributed by atoms with E-state index in [1.807, 2.05) is 0 Å². The van der Waals surface area contributed by atoms with E-state index in [2.05, 4.69) is 50.4 Å². The second kappa shape index (κ2) is 7.68. The maximum atomic E-state index is 6.17. The van der Waals surface area contributed by atoms with Crippen molar-refractivity contribution in [1.82, 2.24) is 5.32 Å². The molecule has 1 fully saturated rings. The summed E-state index contributed by atoms with van der Waals surface area (Å²) in [5, 5.41) is 3.53. The second-order valence-electron chi connectivity index (χ2n) is 6.25. The first-order chi connectivity index (χ1) is 9.69. The van der Waals surface area contributed by atoms with Crippen LogP contribution in [-0.4, -0.2) is 12.6 Å². The Bertz CT molecular complexity index is 396. The fourth-order valence-electron chi connectivity index (χ4n) is 2.88. The van der Waals surface area contributed by atoms with Gasteiger partial charge in [-0.15, -0.1) is 0 Å². The van der Waals surface area contributed by atoms with Gasteiger partial charge in [0.15, 0.2) is 0 Å². The van der Waals surface area contributed by atoms with E-state index < -0.39 is 0 Å². The summed E-state index contributed by atoms with van der Waals surface area (Å²) in [7, 11) is 0. The first kappa shape index (κ1) is 15.4. The number of nitrogens with one attached hydrogen (secondary N) is 1. The zero-order valence-electron chi connectivity index (χ0n) is 13.2. The summed E-state index contributed by atoms with van der Waals surface area (Å²) >= 11 is 0. The Morgan fingerprint density at radius 3 is 2.70 bits per heavy atom. The van der Waals surface area contributed by atoms with E-state index in [0.717, 1.165) is 18.2 Å². The highest BCUT2D eigenvalue weighted by atomic mass is 16.5. The topological polar surface area (TPSA) is 21.3 Å². The average Bonchev–Trinajstić information content (AvgIpc) is 2.47. The largest absolute Gasteiger partial charge is 0.490 e. The third-order valence-electron chi connectivity index (χ3n) is 4.32. The lowest BCUT2D eigenvalue weighted by Crippen LogP contribution is -2.23. The van der Waals surface area contributed by atoms with Crippen molar-refractivity contribution in [2.24, 2.45) is 5.92 Å². The van der Waals surface area contributed by atoms with Crippen LogP contribution in [0.3, 0.4) is 0 Å². The van der Waals surface area contributed by atoms with Gasteiger partial charge in [0.1, 0.15) is 5.75 Å². The van der Waals surface area contributed by atoms with Crippen LogP contribution in [0.1, 0.15) is 64.5 Å². The Kier molecular flexibility index (Phi) is 5.90. The van der Waals surface area contributed by atoms with E-state index >= 15 is 0 Å². The standard InChI is InChI=1S/C18H29NO/c1-4-12-19-15(3)16-6-5-7-18(13-16)20-17-10-8-14(2)9-11-17/h5-7,13-15,17,19H,4,8-12H2,1-3H3. The Labute approximate surface area is 123 Å². The highest BCUT2D eigenvalue weighted by molar-refractivity contribution is 5.30. The summed E-state index contributed by atoms with van der Waals surface area (Å²) in [6, 6.07) is 8.98. The van der Waals surface area contributed by atoms with Crippen LogP contribution in [0.5, 0.6) is 5.75 Å². The monoisotopic (exact) mass is 275 g/mol. The first-order valence-electron chi connectivity index (χ1n) is 8.19. The van der Waals surface area contributed by atoms with Crippen LogP contribution >= 0.6 is 0 Å².